The standard InChI is InChI=1S/C21H25BrN6O3S/c1-14-4-6-16(7-5-14)24-20(29)13-31-19-11-17(22)15(10-18(19)30-3)12-23-8-9-32-21-25-26-27-28(21)2/h4-7,10-11,23H,8-9,12-13H2,1-3H3,(H,24,29). The summed E-state index contributed by atoms with van der Waals surface area (Å²) in [5.74, 6) is 1.65. The highest BCUT2D eigenvalue weighted by molar-refractivity contribution is 9.10. The number of aryl methyl sites for hydroxylation is 2. The number of thioether (sulfide) groups is 1. The molecule has 0 radical (unpaired) electrons. The first-order valence-corrected chi connectivity index (χ1v) is 11.7. The van der Waals surface area contributed by atoms with Crippen molar-refractivity contribution in [1.82, 2.24) is 25.5 Å². The van der Waals surface area contributed by atoms with Gasteiger partial charge in [0.2, 0.25) is 5.16 Å². The molecule has 170 valence electrons. The largest absolute Gasteiger partial charge is 0.493 e. The molecule has 3 rings (SSSR count). The third-order valence-electron chi connectivity index (χ3n) is 4.43. The molecule has 0 aliphatic heterocycles. The number of ether oxygens (including phenoxy) is 2. The lowest BCUT2D eigenvalue weighted by molar-refractivity contribution is -0.118. The van der Waals surface area contributed by atoms with Crippen LogP contribution in [0.2, 0.25) is 0 Å². The summed E-state index contributed by atoms with van der Waals surface area (Å²) >= 11 is 5.16. The van der Waals surface area contributed by atoms with Gasteiger partial charge in [0.15, 0.2) is 18.1 Å². The molecule has 9 nitrogen and oxygen atoms in total. The smallest absolute Gasteiger partial charge is 0.262 e. The third kappa shape index (κ3) is 6.94. The highest BCUT2D eigenvalue weighted by Gasteiger charge is 2.12. The maximum absolute atomic E-state index is 12.2. The van der Waals surface area contributed by atoms with Gasteiger partial charge in [-0.05, 0) is 47.2 Å². The Morgan fingerprint density at radius 1 is 1.22 bits per heavy atom. The molecule has 0 spiro atoms. The molecule has 0 bridgehead atoms. The van der Waals surface area contributed by atoms with E-state index in [2.05, 4.69) is 42.1 Å². The van der Waals surface area contributed by atoms with Gasteiger partial charge in [0.1, 0.15) is 0 Å². The first-order chi connectivity index (χ1) is 15.5. The number of benzene rings is 2. The highest BCUT2D eigenvalue weighted by atomic mass is 79.9. The number of hydrogen-bond donors (Lipinski definition) is 2. The normalized spacial score (nSPS) is 10.8. The van der Waals surface area contributed by atoms with Crippen molar-refractivity contribution in [2.45, 2.75) is 18.6 Å². The van der Waals surface area contributed by atoms with Crippen molar-refractivity contribution in [2.24, 2.45) is 7.05 Å². The van der Waals surface area contributed by atoms with Gasteiger partial charge in [-0.25, -0.2) is 4.68 Å². The van der Waals surface area contributed by atoms with E-state index in [1.54, 1.807) is 23.6 Å². The number of amides is 1. The summed E-state index contributed by atoms with van der Waals surface area (Å²) in [6, 6.07) is 11.3. The third-order valence-corrected chi connectivity index (χ3v) is 6.18. The predicted molar refractivity (Wildman–Crippen MR) is 127 cm³/mol. The van der Waals surface area contributed by atoms with Gasteiger partial charge >= 0.3 is 0 Å². The monoisotopic (exact) mass is 520 g/mol. The number of nitrogens with zero attached hydrogens (tertiary/aromatic N) is 4. The molecule has 11 heteroatoms. The number of methoxy groups -OCH3 is 1. The van der Waals surface area contributed by atoms with E-state index in [4.69, 9.17) is 9.47 Å². The average Bonchev–Trinajstić information content (AvgIpc) is 3.19. The van der Waals surface area contributed by atoms with Crippen LogP contribution in [0.3, 0.4) is 0 Å². The molecule has 2 N–H and O–H groups in total. The van der Waals surface area contributed by atoms with E-state index in [1.165, 1.54) is 0 Å². The number of carbonyl (C=O) groups excluding carboxylic acids is 1. The maximum Gasteiger partial charge on any atom is 0.262 e. The van der Waals surface area contributed by atoms with Crippen LogP contribution in [0.15, 0.2) is 46.0 Å². The molecule has 1 heterocycles. The van der Waals surface area contributed by atoms with Gasteiger partial charge in [0.25, 0.3) is 5.91 Å². The Labute approximate surface area is 199 Å². The number of rotatable bonds is 11. The van der Waals surface area contributed by atoms with E-state index in [1.807, 2.05) is 50.4 Å². The summed E-state index contributed by atoms with van der Waals surface area (Å²) in [6.07, 6.45) is 0. The molecule has 0 aliphatic rings. The summed E-state index contributed by atoms with van der Waals surface area (Å²) in [6.45, 7) is 3.30. The van der Waals surface area contributed by atoms with Crippen molar-refractivity contribution in [3.63, 3.8) is 0 Å². The Bertz CT molecular complexity index is 1040. The zero-order valence-corrected chi connectivity index (χ0v) is 20.5. The fourth-order valence-corrected chi connectivity index (χ4v) is 3.95. The Morgan fingerprint density at radius 3 is 2.69 bits per heavy atom. The number of halogens is 1. The Kier molecular flexibility index (Phi) is 8.89. The van der Waals surface area contributed by atoms with Crippen molar-refractivity contribution in [2.75, 3.05) is 31.3 Å². The lowest BCUT2D eigenvalue weighted by Crippen LogP contribution is -2.20. The van der Waals surface area contributed by atoms with Crippen molar-refractivity contribution in [3.8, 4) is 11.5 Å². The second-order valence-corrected chi connectivity index (χ2v) is 8.82. The van der Waals surface area contributed by atoms with E-state index in [-0.39, 0.29) is 12.5 Å². The first-order valence-electron chi connectivity index (χ1n) is 9.88. The van der Waals surface area contributed by atoms with E-state index in [0.717, 1.165) is 38.7 Å². The lowest BCUT2D eigenvalue weighted by atomic mass is 10.2. The minimum absolute atomic E-state index is 0.123. The average molecular weight is 521 g/mol. The topological polar surface area (TPSA) is 103 Å². The fourth-order valence-electron chi connectivity index (χ4n) is 2.74. The molecule has 1 aromatic heterocycles. The minimum Gasteiger partial charge on any atom is -0.493 e. The second-order valence-electron chi connectivity index (χ2n) is 6.91. The zero-order valence-electron chi connectivity index (χ0n) is 18.1. The van der Waals surface area contributed by atoms with Crippen LogP contribution in [0.1, 0.15) is 11.1 Å². The van der Waals surface area contributed by atoms with Crippen molar-refractivity contribution in [1.29, 1.82) is 0 Å². The Morgan fingerprint density at radius 2 is 2.00 bits per heavy atom. The van der Waals surface area contributed by atoms with Gasteiger partial charge in [0, 0.05) is 36.1 Å². The summed E-state index contributed by atoms with van der Waals surface area (Å²) in [7, 11) is 3.39. The van der Waals surface area contributed by atoms with Crippen molar-refractivity contribution >= 4 is 39.3 Å². The molecule has 0 fully saturated rings. The number of aromatic nitrogens is 4. The number of tetrazole rings is 1. The molecule has 3 aromatic rings. The molecule has 0 saturated carbocycles. The first kappa shape index (κ1) is 24.0. The Hall–Kier alpha value is -2.63. The van der Waals surface area contributed by atoms with Crippen LogP contribution in [0.25, 0.3) is 0 Å². The number of hydrogen-bond acceptors (Lipinski definition) is 8. The van der Waals surface area contributed by atoms with Gasteiger partial charge in [0.05, 0.1) is 7.11 Å². The zero-order chi connectivity index (χ0) is 22.9. The molecule has 0 unspecified atom stereocenters. The van der Waals surface area contributed by atoms with Crippen LogP contribution in [0.4, 0.5) is 5.69 Å². The lowest BCUT2D eigenvalue weighted by Gasteiger charge is -2.14. The number of nitrogens with one attached hydrogen (secondary N) is 2. The predicted octanol–water partition coefficient (Wildman–Crippen LogP) is 3.19. The quantitative estimate of drug-likeness (QED) is 0.293. The van der Waals surface area contributed by atoms with Crippen LogP contribution in [-0.2, 0) is 18.4 Å². The summed E-state index contributed by atoms with van der Waals surface area (Å²) in [4.78, 5) is 12.2. The maximum atomic E-state index is 12.2. The van der Waals surface area contributed by atoms with Crippen LogP contribution in [0.5, 0.6) is 11.5 Å². The molecule has 0 aliphatic carbocycles. The van der Waals surface area contributed by atoms with Crippen molar-refractivity contribution < 1.29 is 14.3 Å². The van der Waals surface area contributed by atoms with E-state index < -0.39 is 0 Å². The summed E-state index contributed by atoms with van der Waals surface area (Å²) in [5, 5.41) is 18.4. The van der Waals surface area contributed by atoms with Gasteiger partial charge < -0.3 is 20.1 Å². The van der Waals surface area contributed by atoms with Crippen LogP contribution in [0, 0.1) is 6.92 Å². The SMILES string of the molecule is COc1cc(CNCCSc2nnnn2C)c(Br)cc1OCC(=O)Nc1ccc(C)cc1. The molecule has 2 aromatic carbocycles. The molecular weight excluding hydrogens is 496 g/mol. The van der Waals surface area contributed by atoms with Crippen LogP contribution in [-0.4, -0.2) is 52.1 Å². The summed E-state index contributed by atoms with van der Waals surface area (Å²) in [5.41, 5.74) is 2.88. The molecular formula is C21H25BrN6O3S. The van der Waals surface area contributed by atoms with E-state index in [9.17, 15) is 4.79 Å². The fraction of sp³-hybridized carbons (Fsp3) is 0.333. The second kappa shape index (κ2) is 11.8. The molecule has 32 heavy (non-hydrogen) atoms. The number of carbonyl (C=O) groups is 1. The van der Waals surface area contributed by atoms with Gasteiger partial charge in [-0.1, -0.05) is 45.4 Å². The highest BCUT2D eigenvalue weighted by Crippen LogP contribution is 2.33. The van der Waals surface area contributed by atoms with E-state index in [0.29, 0.717) is 18.0 Å². The Balaban J connectivity index is 1.49. The molecule has 0 saturated heterocycles. The number of anilines is 1. The minimum atomic E-state index is -0.242. The van der Waals surface area contributed by atoms with Crippen molar-refractivity contribution in [3.05, 3.63) is 52.0 Å². The molecule has 0 atom stereocenters. The van der Waals surface area contributed by atoms with Crippen LogP contribution < -0.4 is 20.1 Å². The molecule has 1 amide bonds. The van der Waals surface area contributed by atoms with Crippen LogP contribution >= 0.6 is 27.7 Å². The van der Waals surface area contributed by atoms with Gasteiger partial charge in [-0.15, -0.1) is 5.10 Å². The van der Waals surface area contributed by atoms with E-state index >= 15 is 0 Å². The summed E-state index contributed by atoms with van der Waals surface area (Å²) < 4.78 is 13.7. The van der Waals surface area contributed by atoms with Gasteiger partial charge in [-0.2, -0.15) is 0 Å². The van der Waals surface area contributed by atoms with Gasteiger partial charge in [-0.3, -0.25) is 4.79 Å².